The van der Waals surface area contributed by atoms with Crippen LogP contribution in [0.4, 0.5) is 0 Å². The summed E-state index contributed by atoms with van der Waals surface area (Å²) in [7, 11) is 3.72. The fourth-order valence-corrected chi connectivity index (χ4v) is 1.86. The number of aryl methyl sites for hydroxylation is 1. The van der Waals surface area contributed by atoms with Crippen molar-refractivity contribution in [3.05, 3.63) is 18.0 Å². The second-order valence-electron chi connectivity index (χ2n) is 5.67. The van der Waals surface area contributed by atoms with Crippen molar-refractivity contribution >= 4 is 5.91 Å². The van der Waals surface area contributed by atoms with Crippen molar-refractivity contribution < 1.29 is 4.79 Å². The van der Waals surface area contributed by atoms with Gasteiger partial charge in [-0.3, -0.25) is 9.48 Å². The number of hydrogen-bond donors (Lipinski definition) is 2. The fourth-order valence-electron chi connectivity index (χ4n) is 1.86. The van der Waals surface area contributed by atoms with Crippen LogP contribution in [0.15, 0.2) is 12.4 Å². The maximum atomic E-state index is 11.9. The zero-order valence-electron chi connectivity index (χ0n) is 11.9. The molecule has 18 heavy (non-hydrogen) atoms. The molecule has 5 nitrogen and oxygen atoms in total. The van der Waals surface area contributed by atoms with Gasteiger partial charge in [0.15, 0.2) is 0 Å². The van der Waals surface area contributed by atoms with Gasteiger partial charge in [0.05, 0.1) is 12.2 Å². The summed E-state index contributed by atoms with van der Waals surface area (Å²) in [6.07, 6.45) is 4.26. The van der Waals surface area contributed by atoms with Gasteiger partial charge in [-0.25, -0.2) is 0 Å². The third kappa shape index (κ3) is 4.14. The quantitative estimate of drug-likeness (QED) is 0.828. The van der Waals surface area contributed by atoms with Gasteiger partial charge in [-0.1, -0.05) is 20.8 Å². The van der Waals surface area contributed by atoms with Crippen LogP contribution >= 0.6 is 0 Å². The first kappa shape index (κ1) is 14.7. The lowest BCUT2D eigenvalue weighted by Crippen LogP contribution is -2.37. The van der Waals surface area contributed by atoms with E-state index in [2.05, 4.69) is 36.5 Å². The van der Waals surface area contributed by atoms with Crippen LogP contribution in [-0.2, 0) is 11.8 Å². The highest BCUT2D eigenvalue weighted by molar-refractivity contribution is 5.76. The maximum Gasteiger partial charge on any atom is 0.221 e. The van der Waals surface area contributed by atoms with Crippen molar-refractivity contribution in [1.82, 2.24) is 20.4 Å². The minimum Gasteiger partial charge on any atom is -0.349 e. The molecule has 0 aromatic carbocycles. The van der Waals surface area contributed by atoms with E-state index in [1.807, 2.05) is 26.5 Å². The molecule has 1 unspecified atom stereocenters. The Labute approximate surface area is 109 Å². The van der Waals surface area contributed by atoms with Crippen LogP contribution in [0.5, 0.6) is 0 Å². The summed E-state index contributed by atoms with van der Waals surface area (Å²) in [4.78, 5) is 11.9. The zero-order chi connectivity index (χ0) is 13.8. The molecule has 0 saturated carbocycles. The number of aromatic nitrogens is 2. The first-order chi connectivity index (χ1) is 8.34. The summed E-state index contributed by atoms with van der Waals surface area (Å²) in [5.41, 5.74) is 1.00. The van der Waals surface area contributed by atoms with E-state index in [0.717, 1.165) is 5.56 Å². The summed E-state index contributed by atoms with van der Waals surface area (Å²) in [6, 6.07) is -0.0180. The Kier molecular flexibility index (Phi) is 4.90. The van der Waals surface area contributed by atoms with E-state index in [4.69, 9.17) is 0 Å². The average molecular weight is 252 g/mol. The van der Waals surface area contributed by atoms with Gasteiger partial charge in [0, 0.05) is 31.8 Å². The summed E-state index contributed by atoms with van der Waals surface area (Å²) < 4.78 is 1.76. The van der Waals surface area contributed by atoms with Gasteiger partial charge in [-0.2, -0.15) is 5.10 Å². The summed E-state index contributed by atoms with van der Waals surface area (Å²) in [5.74, 6) is 0.0631. The Morgan fingerprint density at radius 2 is 2.17 bits per heavy atom. The zero-order valence-corrected chi connectivity index (χ0v) is 11.9. The molecule has 0 fully saturated rings. The summed E-state index contributed by atoms with van der Waals surface area (Å²) in [6.45, 7) is 7.03. The van der Waals surface area contributed by atoms with E-state index in [9.17, 15) is 4.79 Å². The Hall–Kier alpha value is -1.36. The lowest BCUT2D eigenvalue weighted by atomic mass is 9.83. The van der Waals surface area contributed by atoms with Crippen molar-refractivity contribution in [2.75, 3.05) is 13.6 Å². The smallest absolute Gasteiger partial charge is 0.221 e. The highest BCUT2D eigenvalue weighted by Crippen LogP contribution is 2.32. The summed E-state index contributed by atoms with van der Waals surface area (Å²) in [5, 5.41) is 10.2. The highest BCUT2D eigenvalue weighted by Gasteiger charge is 2.28. The second kappa shape index (κ2) is 6.00. The molecule has 0 aliphatic heterocycles. The molecule has 1 atom stereocenters. The first-order valence-corrected chi connectivity index (χ1v) is 6.27. The number of nitrogens with zero attached hydrogens (tertiary/aromatic N) is 2. The van der Waals surface area contributed by atoms with E-state index in [1.165, 1.54) is 0 Å². The van der Waals surface area contributed by atoms with Crippen LogP contribution in [0, 0.1) is 5.41 Å². The van der Waals surface area contributed by atoms with Crippen molar-refractivity contribution in [3.8, 4) is 0 Å². The SMILES string of the molecule is CNCCC(=O)NC(c1cnn(C)c1)C(C)(C)C. The van der Waals surface area contributed by atoms with E-state index in [0.29, 0.717) is 13.0 Å². The van der Waals surface area contributed by atoms with Gasteiger partial charge in [-0.15, -0.1) is 0 Å². The second-order valence-corrected chi connectivity index (χ2v) is 5.67. The van der Waals surface area contributed by atoms with E-state index in [1.54, 1.807) is 4.68 Å². The molecule has 0 spiro atoms. The molecule has 0 aliphatic rings. The number of rotatable bonds is 5. The van der Waals surface area contributed by atoms with Gasteiger partial charge in [0.2, 0.25) is 5.91 Å². The lowest BCUT2D eigenvalue weighted by Gasteiger charge is -2.30. The minimum absolute atomic E-state index is 0.0180. The number of nitrogens with one attached hydrogen (secondary N) is 2. The van der Waals surface area contributed by atoms with E-state index in [-0.39, 0.29) is 17.4 Å². The monoisotopic (exact) mass is 252 g/mol. The number of carbonyl (C=O) groups excluding carboxylic acids is 1. The molecule has 0 radical (unpaired) electrons. The number of amides is 1. The highest BCUT2D eigenvalue weighted by atomic mass is 16.1. The first-order valence-electron chi connectivity index (χ1n) is 6.27. The van der Waals surface area contributed by atoms with Crippen molar-refractivity contribution in [2.45, 2.75) is 33.2 Å². The Balaban J connectivity index is 2.78. The van der Waals surface area contributed by atoms with Gasteiger partial charge in [0.1, 0.15) is 0 Å². The van der Waals surface area contributed by atoms with E-state index >= 15 is 0 Å². The molecule has 1 heterocycles. The molecule has 1 amide bonds. The van der Waals surface area contributed by atoms with Crippen LogP contribution in [0.1, 0.15) is 38.8 Å². The third-order valence-electron chi connectivity index (χ3n) is 2.83. The fraction of sp³-hybridized carbons (Fsp3) is 0.692. The molecule has 1 rings (SSSR count). The van der Waals surface area contributed by atoms with Crippen LogP contribution in [0.25, 0.3) is 0 Å². The predicted octanol–water partition coefficient (Wildman–Crippen LogP) is 1.23. The van der Waals surface area contributed by atoms with Crippen LogP contribution in [-0.4, -0.2) is 29.3 Å². The van der Waals surface area contributed by atoms with Crippen LogP contribution in [0.2, 0.25) is 0 Å². The maximum absolute atomic E-state index is 11.9. The molecule has 5 heteroatoms. The van der Waals surface area contributed by atoms with Gasteiger partial charge < -0.3 is 10.6 Å². The molecular formula is C13H24N4O. The minimum atomic E-state index is -0.0433. The Morgan fingerprint density at radius 3 is 2.61 bits per heavy atom. The number of hydrogen-bond acceptors (Lipinski definition) is 3. The molecule has 1 aromatic rings. The molecule has 1 aromatic heterocycles. The molecule has 0 bridgehead atoms. The Morgan fingerprint density at radius 1 is 1.50 bits per heavy atom. The van der Waals surface area contributed by atoms with Gasteiger partial charge in [0.25, 0.3) is 0 Å². The van der Waals surface area contributed by atoms with E-state index < -0.39 is 0 Å². The molecule has 0 aliphatic carbocycles. The summed E-state index contributed by atoms with van der Waals surface area (Å²) >= 11 is 0. The molecular weight excluding hydrogens is 228 g/mol. The van der Waals surface area contributed by atoms with Crippen LogP contribution < -0.4 is 10.6 Å². The largest absolute Gasteiger partial charge is 0.349 e. The standard InChI is InChI=1S/C13H24N4O/c1-13(2,3)12(10-8-15-17(5)9-10)16-11(18)6-7-14-4/h8-9,12,14H,6-7H2,1-5H3,(H,16,18). The molecule has 0 saturated heterocycles. The van der Waals surface area contributed by atoms with Gasteiger partial charge >= 0.3 is 0 Å². The average Bonchev–Trinajstić information content (AvgIpc) is 2.68. The molecule has 102 valence electrons. The van der Waals surface area contributed by atoms with Crippen LogP contribution in [0.3, 0.4) is 0 Å². The van der Waals surface area contributed by atoms with Gasteiger partial charge in [-0.05, 0) is 12.5 Å². The van der Waals surface area contributed by atoms with Crippen molar-refractivity contribution in [1.29, 1.82) is 0 Å². The number of carbonyl (C=O) groups is 1. The molecule has 2 N–H and O–H groups in total. The van der Waals surface area contributed by atoms with Crippen molar-refractivity contribution in [3.63, 3.8) is 0 Å². The predicted molar refractivity (Wildman–Crippen MR) is 72.1 cm³/mol. The lowest BCUT2D eigenvalue weighted by molar-refractivity contribution is -0.122. The normalized spacial score (nSPS) is 13.4. The van der Waals surface area contributed by atoms with Crippen molar-refractivity contribution in [2.24, 2.45) is 12.5 Å². The Bertz CT molecular complexity index is 392. The topological polar surface area (TPSA) is 59.0 Å². The third-order valence-corrected chi connectivity index (χ3v) is 2.83.